The van der Waals surface area contributed by atoms with Crippen molar-refractivity contribution in [3.8, 4) is 11.5 Å². The maximum atomic E-state index is 13.5. The van der Waals surface area contributed by atoms with E-state index in [1.165, 1.54) is 0 Å². The quantitative estimate of drug-likeness (QED) is 0.567. The van der Waals surface area contributed by atoms with Gasteiger partial charge in [-0.25, -0.2) is 0 Å². The predicted molar refractivity (Wildman–Crippen MR) is 132 cm³/mol. The number of hydrogen-bond acceptors (Lipinski definition) is 4. The molecule has 1 atom stereocenters. The first-order valence-electron chi connectivity index (χ1n) is 11.5. The van der Waals surface area contributed by atoms with Crippen molar-refractivity contribution < 1.29 is 19.1 Å². The van der Waals surface area contributed by atoms with E-state index in [0.717, 1.165) is 16.7 Å². The molecule has 0 bridgehead atoms. The van der Waals surface area contributed by atoms with Crippen molar-refractivity contribution in [1.82, 2.24) is 10.2 Å². The third kappa shape index (κ3) is 7.52. The molecule has 2 aromatic rings. The molecule has 33 heavy (non-hydrogen) atoms. The number of nitrogens with one attached hydrogen (secondary N) is 1. The van der Waals surface area contributed by atoms with E-state index in [4.69, 9.17) is 9.47 Å². The Morgan fingerprint density at radius 1 is 1.03 bits per heavy atom. The molecule has 0 saturated heterocycles. The van der Waals surface area contributed by atoms with Crippen molar-refractivity contribution in [3.63, 3.8) is 0 Å². The standard InChI is InChI=1S/C27H38N2O4/c1-8-22(26(31)28-27(3,4)5)29(18-21-12-10-9-11-19(21)2)25(30)16-14-20-13-15-23(32-6)24(17-20)33-7/h9-13,15,17,22H,8,14,16,18H2,1-7H3,(H,28,31). The third-order valence-electron chi connectivity index (χ3n) is 5.56. The molecular formula is C27H38N2O4. The monoisotopic (exact) mass is 454 g/mol. The number of methoxy groups -OCH3 is 2. The van der Waals surface area contributed by atoms with E-state index in [0.29, 0.717) is 37.3 Å². The van der Waals surface area contributed by atoms with Crippen LogP contribution in [-0.2, 0) is 22.6 Å². The lowest BCUT2D eigenvalue weighted by Crippen LogP contribution is -2.53. The Labute approximate surface area is 198 Å². The second-order valence-electron chi connectivity index (χ2n) is 9.30. The first kappa shape index (κ1) is 26.2. The van der Waals surface area contributed by atoms with Gasteiger partial charge in [-0.2, -0.15) is 0 Å². The molecule has 2 amide bonds. The van der Waals surface area contributed by atoms with Crippen LogP contribution in [0.1, 0.15) is 57.2 Å². The van der Waals surface area contributed by atoms with E-state index in [-0.39, 0.29) is 17.4 Å². The number of carbonyl (C=O) groups is 2. The highest BCUT2D eigenvalue weighted by molar-refractivity contribution is 5.88. The van der Waals surface area contributed by atoms with Gasteiger partial charge in [-0.3, -0.25) is 9.59 Å². The van der Waals surface area contributed by atoms with Crippen LogP contribution in [0.3, 0.4) is 0 Å². The number of aryl methyl sites for hydroxylation is 2. The number of amides is 2. The Balaban J connectivity index is 2.27. The van der Waals surface area contributed by atoms with Gasteiger partial charge in [0.1, 0.15) is 6.04 Å². The molecule has 0 fully saturated rings. The van der Waals surface area contributed by atoms with Crippen LogP contribution in [0.4, 0.5) is 0 Å². The lowest BCUT2D eigenvalue weighted by Gasteiger charge is -2.33. The molecule has 180 valence electrons. The normalized spacial score (nSPS) is 12.1. The lowest BCUT2D eigenvalue weighted by atomic mass is 10.0. The van der Waals surface area contributed by atoms with Gasteiger partial charge in [-0.1, -0.05) is 37.3 Å². The summed E-state index contributed by atoms with van der Waals surface area (Å²) in [6.45, 7) is 10.2. The highest BCUT2D eigenvalue weighted by Gasteiger charge is 2.30. The van der Waals surface area contributed by atoms with Crippen LogP contribution in [0.2, 0.25) is 0 Å². The molecule has 1 unspecified atom stereocenters. The van der Waals surface area contributed by atoms with Gasteiger partial charge in [0.05, 0.1) is 14.2 Å². The molecule has 2 rings (SSSR count). The number of hydrogen-bond donors (Lipinski definition) is 1. The zero-order valence-electron chi connectivity index (χ0n) is 21.0. The number of benzene rings is 2. The zero-order valence-corrected chi connectivity index (χ0v) is 21.0. The fourth-order valence-electron chi connectivity index (χ4n) is 3.77. The van der Waals surface area contributed by atoms with Crippen LogP contribution in [0.15, 0.2) is 42.5 Å². The minimum absolute atomic E-state index is 0.0519. The highest BCUT2D eigenvalue weighted by atomic mass is 16.5. The first-order chi connectivity index (χ1) is 15.6. The second-order valence-corrected chi connectivity index (χ2v) is 9.30. The van der Waals surface area contributed by atoms with Gasteiger partial charge in [-0.15, -0.1) is 0 Å². The topological polar surface area (TPSA) is 67.9 Å². The van der Waals surface area contributed by atoms with Crippen LogP contribution in [0.25, 0.3) is 0 Å². The van der Waals surface area contributed by atoms with E-state index >= 15 is 0 Å². The molecule has 6 nitrogen and oxygen atoms in total. The molecule has 0 radical (unpaired) electrons. The summed E-state index contributed by atoms with van der Waals surface area (Å²) in [6.07, 6.45) is 1.37. The van der Waals surface area contributed by atoms with Crippen molar-refractivity contribution >= 4 is 11.8 Å². The lowest BCUT2D eigenvalue weighted by molar-refractivity contribution is -0.142. The van der Waals surface area contributed by atoms with Crippen molar-refractivity contribution in [1.29, 1.82) is 0 Å². The van der Waals surface area contributed by atoms with Crippen LogP contribution >= 0.6 is 0 Å². The molecule has 1 N–H and O–H groups in total. The van der Waals surface area contributed by atoms with E-state index < -0.39 is 6.04 Å². The van der Waals surface area contributed by atoms with Gasteiger partial charge in [0.25, 0.3) is 0 Å². The molecule has 0 saturated carbocycles. The summed E-state index contributed by atoms with van der Waals surface area (Å²) in [5.74, 6) is 1.11. The summed E-state index contributed by atoms with van der Waals surface area (Å²) in [6, 6.07) is 13.1. The molecule has 6 heteroatoms. The fraction of sp³-hybridized carbons (Fsp3) is 0.481. The highest BCUT2D eigenvalue weighted by Crippen LogP contribution is 2.28. The van der Waals surface area contributed by atoms with Crippen LogP contribution in [0, 0.1) is 6.92 Å². The van der Waals surface area contributed by atoms with Crippen LogP contribution in [-0.4, -0.2) is 42.5 Å². The molecule has 0 aliphatic carbocycles. The van der Waals surface area contributed by atoms with E-state index in [1.807, 2.05) is 77.1 Å². The maximum absolute atomic E-state index is 13.5. The zero-order chi connectivity index (χ0) is 24.6. The molecule has 0 aliphatic heterocycles. The number of carbonyl (C=O) groups excluding carboxylic acids is 2. The maximum Gasteiger partial charge on any atom is 0.243 e. The summed E-state index contributed by atoms with van der Waals surface area (Å²) < 4.78 is 10.7. The molecule has 0 spiro atoms. The molecule has 0 heterocycles. The van der Waals surface area contributed by atoms with E-state index in [2.05, 4.69) is 5.32 Å². The van der Waals surface area contributed by atoms with E-state index in [1.54, 1.807) is 19.1 Å². The molecule has 0 aliphatic rings. The summed E-state index contributed by atoms with van der Waals surface area (Å²) >= 11 is 0. The summed E-state index contributed by atoms with van der Waals surface area (Å²) in [5, 5.41) is 3.04. The van der Waals surface area contributed by atoms with Gasteiger partial charge < -0.3 is 19.7 Å². The minimum atomic E-state index is -0.540. The van der Waals surface area contributed by atoms with Gasteiger partial charge in [0, 0.05) is 18.5 Å². The first-order valence-corrected chi connectivity index (χ1v) is 11.5. The summed E-state index contributed by atoms with van der Waals surface area (Å²) in [7, 11) is 3.19. The Morgan fingerprint density at radius 3 is 2.27 bits per heavy atom. The van der Waals surface area contributed by atoms with Crippen molar-refractivity contribution in [2.75, 3.05) is 14.2 Å². The summed E-state index contributed by atoms with van der Waals surface area (Å²) in [5.41, 5.74) is 2.74. The Hall–Kier alpha value is -3.02. The van der Waals surface area contributed by atoms with Gasteiger partial charge in [0.2, 0.25) is 11.8 Å². The Kier molecular flexibility index (Phi) is 9.32. The molecular weight excluding hydrogens is 416 g/mol. The fourth-order valence-corrected chi connectivity index (χ4v) is 3.77. The SMILES string of the molecule is CCC(C(=O)NC(C)(C)C)N(Cc1ccccc1C)C(=O)CCc1ccc(OC)c(OC)c1. The van der Waals surface area contributed by atoms with Gasteiger partial charge in [-0.05, 0) is 69.4 Å². The van der Waals surface area contributed by atoms with Crippen LogP contribution in [0.5, 0.6) is 11.5 Å². The van der Waals surface area contributed by atoms with E-state index in [9.17, 15) is 9.59 Å². The molecule has 2 aromatic carbocycles. The minimum Gasteiger partial charge on any atom is -0.493 e. The largest absolute Gasteiger partial charge is 0.493 e. The Morgan fingerprint density at radius 2 is 1.70 bits per heavy atom. The smallest absolute Gasteiger partial charge is 0.243 e. The third-order valence-corrected chi connectivity index (χ3v) is 5.56. The predicted octanol–water partition coefficient (Wildman–Crippen LogP) is 4.67. The number of nitrogens with zero attached hydrogens (tertiary/aromatic N) is 1. The van der Waals surface area contributed by atoms with Crippen molar-refractivity contribution in [2.24, 2.45) is 0 Å². The average Bonchev–Trinajstić information content (AvgIpc) is 2.77. The van der Waals surface area contributed by atoms with Crippen molar-refractivity contribution in [2.45, 2.75) is 72.0 Å². The van der Waals surface area contributed by atoms with Gasteiger partial charge in [0.15, 0.2) is 11.5 Å². The average molecular weight is 455 g/mol. The summed E-state index contributed by atoms with van der Waals surface area (Å²) in [4.78, 5) is 28.3. The Bertz CT molecular complexity index is 949. The molecule has 0 aromatic heterocycles. The number of ether oxygens (including phenoxy) is 2. The second kappa shape index (κ2) is 11.7. The van der Waals surface area contributed by atoms with Crippen molar-refractivity contribution in [3.05, 3.63) is 59.2 Å². The van der Waals surface area contributed by atoms with Crippen LogP contribution < -0.4 is 14.8 Å². The van der Waals surface area contributed by atoms with Gasteiger partial charge >= 0.3 is 0 Å². The number of rotatable bonds is 10.